The van der Waals surface area contributed by atoms with Crippen molar-refractivity contribution in [1.29, 1.82) is 0 Å². The fourth-order valence-electron chi connectivity index (χ4n) is 2.59. The zero-order valence-corrected chi connectivity index (χ0v) is 10.7. The number of anilines is 1. The Morgan fingerprint density at radius 3 is 2.65 bits per heavy atom. The molecule has 0 saturated carbocycles. The molecule has 0 spiro atoms. The largest absolute Gasteiger partial charge is 0.365 e. The van der Waals surface area contributed by atoms with Crippen LogP contribution >= 0.6 is 0 Å². The van der Waals surface area contributed by atoms with E-state index in [1.807, 2.05) is 13.8 Å². The summed E-state index contributed by atoms with van der Waals surface area (Å²) >= 11 is 0. The summed E-state index contributed by atoms with van der Waals surface area (Å²) in [6.45, 7) is 4.00. The van der Waals surface area contributed by atoms with Gasteiger partial charge in [0.05, 0.1) is 6.04 Å². The number of fused-ring (bicyclic) bond motifs is 3. The second-order valence-electron chi connectivity index (χ2n) is 4.16. The van der Waals surface area contributed by atoms with Crippen molar-refractivity contribution < 1.29 is 0 Å². The first kappa shape index (κ1) is 11.9. The number of benzene rings is 1. The molecule has 1 aromatic carbocycles. The Balaban J connectivity index is 0.000000514. The van der Waals surface area contributed by atoms with E-state index in [0.717, 1.165) is 0 Å². The van der Waals surface area contributed by atoms with Gasteiger partial charge < -0.3 is 10.6 Å². The van der Waals surface area contributed by atoms with Gasteiger partial charge in [0.25, 0.3) is 0 Å². The van der Waals surface area contributed by atoms with Crippen molar-refractivity contribution in [3.63, 3.8) is 0 Å². The number of nitrogens with zero attached hydrogens (tertiary/aromatic N) is 1. The number of rotatable bonds is 0. The third kappa shape index (κ3) is 1.79. The average Bonchev–Trinajstić information content (AvgIpc) is 2.68. The summed E-state index contributed by atoms with van der Waals surface area (Å²) in [5.41, 5.74) is 10.1. The van der Waals surface area contributed by atoms with Crippen molar-refractivity contribution in [2.45, 2.75) is 25.9 Å². The van der Waals surface area contributed by atoms with Crippen LogP contribution in [0.25, 0.3) is 5.57 Å². The molecule has 2 aliphatic rings. The van der Waals surface area contributed by atoms with Gasteiger partial charge in [0.2, 0.25) is 0 Å². The Morgan fingerprint density at radius 2 is 1.88 bits per heavy atom. The van der Waals surface area contributed by atoms with E-state index in [0.29, 0.717) is 6.04 Å². The van der Waals surface area contributed by atoms with E-state index in [1.54, 1.807) is 0 Å². The fraction of sp³-hybridized carbons (Fsp3) is 0.333. The van der Waals surface area contributed by atoms with Gasteiger partial charge in [-0.1, -0.05) is 50.3 Å². The topological polar surface area (TPSA) is 29.3 Å². The lowest BCUT2D eigenvalue weighted by Gasteiger charge is -2.28. The maximum atomic E-state index is 6.12. The Bertz CT molecular complexity index is 460. The minimum Gasteiger partial charge on any atom is -0.365 e. The van der Waals surface area contributed by atoms with Crippen LogP contribution in [0.3, 0.4) is 0 Å². The normalized spacial score (nSPS) is 24.5. The quantitative estimate of drug-likeness (QED) is 0.740. The van der Waals surface area contributed by atoms with Crippen LogP contribution in [-0.2, 0) is 0 Å². The highest BCUT2D eigenvalue weighted by molar-refractivity contribution is 5.89. The number of hydrogen-bond acceptors (Lipinski definition) is 2. The van der Waals surface area contributed by atoms with E-state index in [1.165, 1.54) is 16.8 Å². The molecule has 1 aliphatic heterocycles. The zero-order valence-electron chi connectivity index (χ0n) is 10.7. The van der Waals surface area contributed by atoms with Crippen LogP contribution in [0.2, 0.25) is 0 Å². The van der Waals surface area contributed by atoms with Gasteiger partial charge in [0.15, 0.2) is 0 Å². The summed E-state index contributed by atoms with van der Waals surface area (Å²) in [6, 6.07) is 8.89. The molecule has 90 valence electrons. The van der Waals surface area contributed by atoms with Crippen molar-refractivity contribution in [1.82, 2.24) is 0 Å². The molecule has 17 heavy (non-hydrogen) atoms. The highest BCUT2D eigenvalue weighted by Crippen LogP contribution is 2.41. The Hall–Kier alpha value is -1.54. The number of likely N-dealkylation sites (N-methyl/N-ethyl adjacent to an activating group) is 1. The van der Waals surface area contributed by atoms with Crippen LogP contribution in [0.15, 0.2) is 42.5 Å². The summed E-state index contributed by atoms with van der Waals surface area (Å²) in [7, 11) is 2.11. The molecule has 0 fully saturated rings. The van der Waals surface area contributed by atoms with Crippen molar-refractivity contribution in [3.8, 4) is 0 Å². The molecule has 1 heterocycles. The van der Waals surface area contributed by atoms with Crippen LogP contribution in [0, 0.1) is 0 Å². The smallest absolute Gasteiger partial charge is 0.0732 e. The standard InChI is InChI=1S/C13H14N2.C2H6/c1-15-12-8-3-2-5-9(12)10-6-4-7-11(14)13(10)15;1-2/h2-8,11,13H,14H2,1H3;1-2H3. The number of allylic oxidation sites excluding steroid dienone is 2. The SMILES string of the molecule is CC.CN1c2ccccc2C2=CC=CC(N)C21. The van der Waals surface area contributed by atoms with Crippen molar-refractivity contribution >= 4 is 11.3 Å². The number of para-hydroxylation sites is 1. The van der Waals surface area contributed by atoms with Gasteiger partial charge in [-0.3, -0.25) is 0 Å². The van der Waals surface area contributed by atoms with E-state index in [9.17, 15) is 0 Å². The lowest BCUT2D eigenvalue weighted by molar-refractivity contribution is 0.689. The second-order valence-corrected chi connectivity index (χ2v) is 4.16. The first-order chi connectivity index (χ1) is 8.29. The molecule has 1 aromatic rings. The summed E-state index contributed by atoms with van der Waals surface area (Å²) in [5, 5.41) is 0. The Kier molecular flexibility index (Phi) is 3.34. The van der Waals surface area contributed by atoms with E-state index in [4.69, 9.17) is 5.73 Å². The van der Waals surface area contributed by atoms with Gasteiger partial charge in [-0.05, 0) is 11.6 Å². The van der Waals surface area contributed by atoms with Crippen LogP contribution < -0.4 is 10.6 Å². The minimum absolute atomic E-state index is 0.0994. The van der Waals surface area contributed by atoms with Gasteiger partial charge in [-0.15, -0.1) is 0 Å². The van der Waals surface area contributed by atoms with Gasteiger partial charge in [-0.2, -0.15) is 0 Å². The van der Waals surface area contributed by atoms with Crippen LogP contribution in [0.5, 0.6) is 0 Å². The molecule has 2 heteroatoms. The lowest BCUT2D eigenvalue weighted by Crippen LogP contribution is -2.43. The first-order valence-electron chi connectivity index (χ1n) is 6.25. The molecule has 2 N–H and O–H groups in total. The van der Waals surface area contributed by atoms with Gasteiger partial charge in [-0.25, -0.2) is 0 Å². The highest BCUT2D eigenvalue weighted by atomic mass is 15.2. The van der Waals surface area contributed by atoms with Crippen LogP contribution in [-0.4, -0.2) is 19.1 Å². The van der Waals surface area contributed by atoms with Crippen LogP contribution in [0.4, 0.5) is 5.69 Å². The van der Waals surface area contributed by atoms with Gasteiger partial charge in [0.1, 0.15) is 0 Å². The Labute approximate surface area is 103 Å². The van der Waals surface area contributed by atoms with E-state index >= 15 is 0 Å². The van der Waals surface area contributed by atoms with Gasteiger partial charge in [0, 0.05) is 24.3 Å². The molecule has 0 bridgehead atoms. The molecule has 3 rings (SSSR count). The molecule has 0 saturated heterocycles. The fourth-order valence-corrected chi connectivity index (χ4v) is 2.59. The molecule has 2 atom stereocenters. The van der Waals surface area contributed by atoms with Gasteiger partial charge >= 0.3 is 0 Å². The zero-order chi connectivity index (χ0) is 12.4. The first-order valence-corrected chi connectivity index (χ1v) is 6.25. The maximum Gasteiger partial charge on any atom is 0.0732 e. The molecular weight excluding hydrogens is 208 g/mol. The molecule has 1 aliphatic carbocycles. The molecule has 0 amide bonds. The third-order valence-corrected chi connectivity index (χ3v) is 3.30. The molecule has 2 unspecified atom stereocenters. The molecule has 0 radical (unpaired) electrons. The highest BCUT2D eigenvalue weighted by Gasteiger charge is 2.35. The van der Waals surface area contributed by atoms with Crippen molar-refractivity contribution in [3.05, 3.63) is 48.1 Å². The van der Waals surface area contributed by atoms with E-state index in [-0.39, 0.29) is 6.04 Å². The lowest BCUT2D eigenvalue weighted by atomic mass is 9.93. The monoisotopic (exact) mass is 228 g/mol. The maximum absolute atomic E-state index is 6.12. The molecular formula is C15H20N2. The third-order valence-electron chi connectivity index (χ3n) is 3.30. The summed E-state index contributed by atoms with van der Waals surface area (Å²) in [5.74, 6) is 0. The summed E-state index contributed by atoms with van der Waals surface area (Å²) < 4.78 is 0. The summed E-state index contributed by atoms with van der Waals surface area (Å²) in [6.07, 6.45) is 6.30. The van der Waals surface area contributed by atoms with E-state index in [2.05, 4.69) is 54.4 Å². The van der Waals surface area contributed by atoms with Crippen molar-refractivity contribution in [2.24, 2.45) is 5.73 Å². The molecule has 2 nitrogen and oxygen atoms in total. The average molecular weight is 228 g/mol. The number of nitrogens with two attached hydrogens (primary N) is 1. The number of hydrogen-bond donors (Lipinski definition) is 1. The second kappa shape index (κ2) is 4.76. The van der Waals surface area contributed by atoms with Crippen LogP contribution in [0.1, 0.15) is 19.4 Å². The van der Waals surface area contributed by atoms with E-state index < -0.39 is 0 Å². The predicted octanol–water partition coefficient (Wildman–Crippen LogP) is 2.81. The summed E-state index contributed by atoms with van der Waals surface area (Å²) in [4.78, 5) is 2.27. The predicted molar refractivity (Wildman–Crippen MR) is 75.1 cm³/mol. The minimum atomic E-state index is 0.0994. The van der Waals surface area contributed by atoms with Crippen molar-refractivity contribution in [2.75, 3.05) is 11.9 Å². The Morgan fingerprint density at radius 1 is 1.18 bits per heavy atom. The molecule has 0 aromatic heterocycles.